The topological polar surface area (TPSA) is 89.8 Å². The molecule has 4 rings (SSSR count). The second-order valence-electron chi connectivity index (χ2n) is 5.78. The number of amides is 1. The van der Waals surface area contributed by atoms with E-state index in [1.807, 2.05) is 43.3 Å². The third-order valence-corrected chi connectivity index (χ3v) is 5.98. The van der Waals surface area contributed by atoms with Crippen molar-refractivity contribution < 1.29 is 4.79 Å². The lowest BCUT2D eigenvalue weighted by Gasteiger charge is -2.04. The Bertz CT molecular complexity index is 1160. The summed E-state index contributed by atoms with van der Waals surface area (Å²) in [6, 6.07) is 11.7. The van der Waals surface area contributed by atoms with Gasteiger partial charge in [0.1, 0.15) is 16.4 Å². The summed E-state index contributed by atoms with van der Waals surface area (Å²) in [5, 5.41) is 12.3. The fourth-order valence-electron chi connectivity index (χ4n) is 2.58. The number of carbonyl (C=O) groups is 1. The van der Waals surface area contributed by atoms with E-state index in [0.717, 1.165) is 21.9 Å². The molecule has 3 heterocycles. The normalized spacial score (nSPS) is 11.0. The molecule has 3 aromatic heterocycles. The van der Waals surface area contributed by atoms with Gasteiger partial charge in [0.15, 0.2) is 0 Å². The summed E-state index contributed by atoms with van der Waals surface area (Å²) in [6.45, 7) is 1.84. The van der Waals surface area contributed by atoms with Crippen molar-refractivity contribution >= 4 is 43.9 Å². The molecule has 0 atom stereocenters. The number of nitrogens with one attached hydrogen (secondary N) is 1. The lowest BCUT2D eigenvalue weighted by molar-refractivity contribution is -0.116. The van der Waals surface area contributed by atoms with Crippen LogP contribution in [0.5, 0.6) is 0 Å². The van der Waals surface area contributed by atoms with Gasteiger partial charge in [0.2, 0.25) is 11.0 Å². The Kier molecular flexibility index (Phi) is 4.78. The molecule has 1 N–H and O–H groups in total. The summed E-state index contributed by atoms with van der Waals surface area (Å²) in [7, 11) is 0. The van der Waals surface area contributed by atoms with Gasteiger partial charge >= 0.3 is 0 Å². The second-order valence-corrected chi connectivity index (χ2v) is 7.87. The van der Waals surface area contributed by atoms with Crippen LogP contribution in [0.25, 0.3) is 20.7 Å². The molecule has 0 fully saturated rings. The molecular formula is C18H15N5O2S2. The molecule has 0 saturated carbocycles. The summed E-state index contributed by atoms with van der Waals surface area (Å²) < 4.78 is 1.31. The monoisotopic (exact) mass is 397 g/mol. The van der Waals surface area contributed by atoms with Crippen molar-refractivity contribution in [1.82, 2.24) is 19.7 Å². The van der Waals surface area contributed by atoms with Crippen molar-refractivity contribution in [2.24, 2.45) is 0 Å². The molecule has 1 amide bonds. The number of anilines is 1. The smallest absolute Gasteiger partial charge is 0.262 e. The number of fused-ring (bicyclic) bond motifs is 1. The van der Waals surface area contributed by atoms with E-state index in [1.54, 1.807) is 0 Å². The quantitative estimate of drug-likeness (QED) is 0.559. The summed E-state index contributed by atoms with van der Waals surface area (Å²) in [5.41, 5.74) is 0.798. The molecule has 4 aromatic rings. The van der Waals surface area contributed by atoms with Gasteiger partial charge in [-0.3, -0.25) is 19.5 Å². The zero-order chi connectivity index (χ0) is 18.8. The first kappa shape index (κ1) is 17.5. The third kappa shape index (κ3) is 3.64. The first-order valence-electron chi connectivity index (χ1n) is 8.30. The van der Waals surface area contributed by atoms with Crippen LogP contribution in [-0.4, -0.2) is 25.7 Å². The van der Waals surface area contributed by atoms with Gasteiger partial charge in [-0.25, -0.2) is 4.98 Å². The zero-order valence-electron chi connectivity index (χ0n) is 14.4. The van der Waals surface area contributed by atoms with Crippen molar-refractivity contribution in [2.45, 2.75) is 19.9 Å². The van der Waals surface area contributed by atoms with E-state index in [9.17, 15) is 9.59 Å². The predicted molar refractivity (Wildman–Crippen MR) is 107 cm³/mol. The third-order valence-electron chi connectivity index (χ3n) is 3.91. The summed E-state index contributed by atoms with van der Waals surface area (Å²) in [5.74, 6) is -0.337. The van der Waals surface area contributed by atoms with Crippen molar-refractivity contribution in [3.8, 4) is 10.4 Å². The van der Waals surface area contributed by atoms with Crippen LogP contribution < -0.4 is 10.9 Å². The van der Waals surface area contributed by atoms with E-state index < -0.39 is 0 Å². The first-order valence-corrected chi connectivity index (χ1v) is 9.94. The van der Waals surface area contributed by atoms with Crippen molar-refractivity contribution in [3.63, 3.8) is 0 Å². The second kappa shape index (κ2) is 7.37. The minimum Gasteiger partial charge on any atom is -0.299 e. The number of hydrogen-bond donors (Lipinski definition) is 1. The number of nitrogens with zero attached hydrogens (tertiary/aromatic N) is 4. The van der Waals surface area contributed by atoms with E-state index >= 15 is 0 Å². The van der Waals surface area contributed by atoms with Crippen LogP contribution in [0.4, 0.5) is 5.13 Å². The molecule has 0 unspecified atom stereocenters. The zero-order valence-corrected chi connectivity index (χ0v) is 16.0. The maximum absolute atomic E-state index is 12.7. The van der Waals surface area contributed by atoms with Crippen molar-refractivity contribution in [3.05, 3.63) is 58.1 Å². The van der Waals surface area contributed by atoms with Crippen LogP contribution in [0.1, 0.15) is 11.9 Å². The Balaban J connectivity index is 1.58. The van der Waals surface area contributed by atoms with Crippen LogP contribution in [0.2, 0.25) is 0 Å². The number of benzene rings is 1. The van der Waals surface area contributed by atoms with E-state index in [0.29, 0.717) is 15.3 Å². The highest BCUT2D eigenvalue weighted by Gasteiger charge is 2.13. The molecule has 1 aromatic carbocycles. The maximum atomic E-state index is 12.7. The molecule has 7 nitrogen and oxygen atoms in total. The van der Waals surface area contributed by atoms with Crippen LogP contribution in [-0.2, 0) is 17.8 Å². The Morgan fingerprint density at radius 1 is 1.19 bits per heavy atom. The largest absolute Gasteiger partial charge is 0.299 e. The molecule has 136 valence electrons. The maximum Gasteiger partial charge on any atom is 0.262 e. The molecule has 0 radical (unpaired) electrons. The van der Waals surface area contributed by atoms with Gasteiger partial charge in [-0.05, 0) is 18.1 Å². The highest BCUT2D eigenvalue weighted by Crippen LogP contribution is 2.30. The summed E-state index contributed by atoms with van der Waals surface area (Å²) in [6.07, 6.45) is 2.17. The Hall–Kier alpha value is -2.91. The highest BCUT2D eigenvalue weighted by atomic mass is 32.1. The predicted octanol–water partition coefficient (Wildman–Crippen LogP) is 3.18. The van der Waals surface area contributed by atoms with E-state index in [-0.39, 0.29) is 18.0 Å². The standard InChI is InChI=1S/C18H15N5O2S2/c1-2-15-21-22-18(27-15)20-14(24)9-23-10-19-16-12(17(23)25)8-13(26-16)11-6-4-3-5-7-11/h3-8,10H,2,9H2,1H3,(H,20,22,24). The van der Waals surface area contributed by atoms with E-state index in [2.05, 4.69) is 20.5 Å². The number of aryl methyl sites for hydroxylation is 1. The molecular weight excluding hydrogens is 382 g/mol. The molecule has 0 bridgehead atoms. The molecule has 27 heavy (non-hydrogen) atoms. The number of carbonyl (C=O) groups excluding carboxylic acids is 1. The van der Waals surface area contributed by atoms with Gasteiger partial charge in [0, 0.05) is 4.88 Å². The Morgan fingerprint density at radius 2 is 2.00 bits per heavy atom. The lowest BCUT2D eigenvalue weighted by atomic mass is 10.2. The number of hydrogen-bond acceptors (Lipinski definition) is 7. The van der Waals surface area contributed by atoms with Gasteiger partial charge in [0.25, 0.3) is 5.56 Å². The SMILES string of the molecule is CCc1nnc(NC(=O)Cn2cnc3sc(-c4ccccc4)cc3c2=O)s1. The van der Waals surface area contributed by atoms with Crippen LogP contribution >= 0.6 is 22.7 Å². The average molecular weight is 397 g/mol. The molecule has 9 heteroatoms. The molecule has 0 aliphatic rings. The number of aromatic nitrogens is 4. The number of thiophene rings is 1. The highest BCUT2D eigenvalue weighted by molar-refractivity contribution is 7.21. The van der Waals surface area contributed by atoms with Gasteiger partial charge < -0.3 is 0 Å². The summed E-state index contributed by atoms with van der Waals surface area (Å²) >= 11 is 2.78. The molecule has 0 aliphatic carbocycles. The van der Waals surface area contributed by atoms with Crippen LogP contribution in [0.15, 0.2) is 47.5 Å². The fourth-order valence-corrected chi connectivity index (χ4v) is 4.27. The van der Waals surface area contributed by atoms with Gasteiger partial charge in [-0.15, -0.1) is 21.5 Å². The van der Waals surface area contributed by atoms with Gasteiger partial charge in [-0.2, -0.15) is 0 Å². The lowest BCUT2D eigenvalue weighted by Crippen LogP contribution is -2.27. The van der Waals surface area contributed by atoms with Crippen molar-refractivity contribution in [1.29, 1.82) is 0 Å². The number of rotatable bonds is 5. The minimum atomic E-state index is -0.337. The Labute approximate surface area is 162 Å². The Morgan fingerprint density at radius 3 is 2.74 bits per heavy atom. The van der Waals surface area contributed by atoms with Gasteiger partial charge in [-0.1, -0.05) is 48.6 Å². The van der Waals surface area contributed by atoms with Gasteiger partial charge in [0.05, 0.1) is 11.7 Å². The van der Waals surface area contributed by atoms with E-state index in [4.69, 9.17) is 0 Å². The first-order chi connectivity index (χ1) is 13.1. The molecule has 0 spiro atoms. The van der Waals surface area contributed by atoms with Crippen LogP contribution in [0, 0.1) is 0 Å². The van der Waals surface area contributed by atoms with E-state index in [1.165, 1.54) is 33.6 Å². The molecule has 0 saturated heterocycles. The average Bonchev–Trinajstić information content (AvgIpc) is 3.32. The van der Waals surface area contributed by atoms with Crippen LogP contribution in [0.3, 0.4) is 0 Å². The van der Waals surface area contributed by atoms with Crippen molar-refractivity contribution in [2.75, 3.05) is 5.32 Å². The minimum absolute atomic E-state index is 0.126. The molecule has 0 aliphatic heterocycles. The summed E-state index contributed by atoms with van der Waals surface area (Å²) in [4.78, 5) is 30.9. The fraction of sp³-hybridized carbons (Fsp3) is 0.167.